The van der Waals surface area contributed by atoms with Crippen molar-refractivity contribution < 1.29 is 9.90 Å². The number of amides is 1. The van der Waals surface area contributed by atoms with Gasteiger partial charge in [-0.05, 0) is 66.5 Å². The van der Waals surface area contributed by atoms with Crippen LogP contribution in [0.25, 0.3) is 10.8 Å². The number of benzene rings is 2. The predicted octanol–water partition coefficient (Wildman–Crippen LogP) is 5.71. The van der Waals surface area contributed by atoms with E-state index in [0.29, 0.717) is 12.3 Å². The third kappa shape index (κ3) is 4.91. The zero-order valence-corrected chi connectivity index (χ0v) is 16.7. The average molecular weight is 366 g/mol. The van der Waals surface area contributed by atoms with Gasteiger partial charge in [0.05, 0.1) is 0 Å². The maximum Gasteiger partial charge on any atom is 0.224 e. The number of hydrogen-bond donors (Lipinski definition) is 2. The molecule has 27 heavy (non-hydrogen) atoms. The van der Waals surface area contributed by atoms with Gasteiger partial charge in [0.25, 0.3) is 0 Å². The fraction of sp³-hybridized carbons (Fsp3) is 0.458. The minimum atomic E-state index is 0.108. The highest BCUT2D eigenvalue weighted by atomic mass is 16.3. The Bertz CT molecular complexity index is 853. The Kier molecular flexibility index (Phi) is 6.20. The predicted molar refractivity (Wildman–Crippen MR) is 112 cm³/mol. The first-order chi connectivity index (χ1) is 13.0. The minimum Gasteiger partial charge on any atom is -0.508 e. The highest BCUT2D eigenvalue weighted by Gasteiger charge is 2.25. The first-order valence-corrected chi connectivity index (χ1v) is 10.2. The summed E-state index contributed by atoms with van der Waals surface area (Å²) in [5.74, 6) is 1.78. The Morgan fingerprint density at radius 2 is 1.89 bits per heavy atom. The van der Waals surface area contributed by atoms with Gasteiger partial charge in [0, 0.05) is 12.1 Å². The van der Waals surface area contributed by atoms with Crippen molar-refractivity contribution in [1.82, 2.24) is 5.32 Å². The van der Waals surface area contributed by atoms with Gasteiger partial charge in [-0.15, -0.1) is 0 Å². The fourth-order valence-corrected chi connectivity index (χ4v) is 4.22. The molecule has 0 spiro atoms. The smallest absolute Gasteiger partial charge is 0.224 e. The van der Waals surface area contributed by atoms with Gasteiger partial charge in [0.15, 0.2) is 0 Å². The lowest BCUT2D eigenvalue weighted by Crippen LogP contribution is -2.30. The molecule has 2 unspecified atom stereocenters. The molecule has 0 fully saturated rings. The highest BCUT2D eigenvalue weighted by Crippen LogP contribution is 2.35. The van der Waals surface area contributed by atoms with Gasteiger partial charge in [-0.3, -0.25) is 4.79 Å². The third-order valence-corrected chi connectivity index (χ3v) is 5.89. The lowest BCUT2D eigenvalue weighted by Gasteiger charge is -2.31. The number of nitrogens with one attached hydrogen (secondary N) is 1. The highest BCUT2D eigenvalue weighted by molar-refractivity contribution is 5.84. The van der Waals surface area contributed by atoms with Gasteiger partial charge in [-0.2, -0.15) is 0 Å². The number of fused-ring (bicyclic) bond motifs is 1. The average Bonchev–Trinajstić information content (AvgIpc) is 2.64. The molecule has 3 rings (SSSR count). The van der Waals surface area contributed by atoms with Crippen LogP contribution in [0.15, 0.2) is 47.7 Å². The monoisotopic (exact) mass is 365 g/mol. The Morgan fingerprint density at radius 1 is 1.15 bits per heavy atom. The second-order valence-corrected chi connectivity index (χ2v) is 8.11. The van der Waals surface area contributed by atoms with Crippen LogP contribution in [0.4, 0.5) is 0 Å². The standard InChI is InChI=1S/C24H31NO2/c1-4-5-19-12-17(3)23(13-16(19)2)25-24(27)11-7-18-6-8-21-15-22(26)10-9-20(21)14-18/h6,8-10,14-16,19,26H,4-5,7,11-13H2,1-3H3,(H,25,27). The maximum atomic E-state index is 12.5. The van der Waals surface area contributed by atoms with Crippen LogP contribution in [0.1, 0.15) is 58.4 Å². The van der Waals surface area contributed by atoms with Crippen LogP contribution in [0.2, 0.25) is 0 Å². The first kappa shape index (κ1) is 19.5. The molecule has 2 atom stereocenters. The summed E-state index contributed by atoms with van der Waals surface area (Å²) in [4.78, 5) is 12.5. The number of phenols is 1. The van der Waals surface area contributed by atoms with Crippen molar-refractivity contribution in [2.24, 2.45) is 11.8 Å². The van der Waals surface area contributed by atoms with E-state index in [4.69, 9.17) is 0 Å². The zero-order chi connectivity index (χ0) is 19.4. The molecular weight excluding hydrogens is 334 g/mol. The Balaban J connectivity index is 1.58. The summed E-state index contributed by atoms with van der Waals surface area (Å²) in [6, 6.07) is 11.5. The summed E-state index contributed by atoms with van der Waals surface area (Å²) in [7, 11) is 0. The van der Waals surface area contributed by atoms with Crippen molar-refractivity contribution in [3.05, 3.63) is 53.2 Å². The molecule has 1 amide bonds. The summed E-state index contributed by atoms with van der Waals surface area (Å²) in [6.07, 6.45) is 5.83. The molecule has 1 aliphatic carbocycles. The molecule has 1 aliphatic rings. The molecule has 0 bridgehead atoms. The third-order valence-electron chi connectivity index (χ3n) is 5.89. The van der Waals surface area contributed by atoms with Crippen LogP contribution in [-0.4, -0.2) is 11.0 Å². The first-order valence-electron chi connectivity index (χ1n) is 10.2. The number of hydrogen-bond acceptors (Lipinski definition) is 2. The van der Waals surface area contributed by atoms with Crippen molar-refractivity contribution in [1.29, 1.82) is 0 Å². The van der Waals surface area contributed by atoms with Crippen LogP contribution in [0.3, 0.4) is 0 Å². The molecule has 0 saturated heterocycles. The van der Waals surface area contributed by atoms with E-state index < -0.39 is 0 Å². The van der Waals surface area contributed by atoms with E-state index in [1.54, 1.807) is 12.1 Å². The van der Waals surface area contributed by atoms with Crippen molar-refractivity contribution in [2.45, 2.75) is 59.3 Å². The number of allylic oxidation sites excluding steroid dienone is 2. The van der Waals surface area contributed by atoms with Crippen LogP contribution < -0.4 is 5.32 Å². The van der Waals surface area contributed by atoms with Gasteiger partial charge in [-0.25, -0.2) is 0 Å². The summed E-state index contributed by atoms with van der Waals surface area (Å²) >= 11 is 0. The van der Waals surface area contributed by atoms with Gasteiger partial charge < -0.3 is 10.4 Å². The van der Waals surface area contributed by atoms with Crippen LogP contribution in [-0.2, 0) is 11.2 Å². The molecule has 0 heterocycles. The van der Waals surface area contributed by atoms with E-state index in [9.17, 15) is 9.90 Å². The lowest BCUT2D eigenvalue weighted by atomic mass is 9.77. The molecule has 2 aromatic rings. The number of carbonyl (C=O) groups is 1. The maximum absolute atomic E-state index is 12.5. The van der Waals surface area contributed by atoms with Crippen LogP contribution in [0, 0.1) is 11.8 Å². The second kappa shape index (κ2) is 8.60. The fourth-order valence-electron chi connectivity index (χ4n) is 4.22. The van der Waals surface area contributed by atoms with Gasteiger partial charge >= 0.3 is 0 Å². The molecule has 0 saturated carbocycles. The van der Waals surface area contributed by atoms with E-state index in [2.05, 4.69) is 32.2 Å². The topological polar surface area (TPSA) is 49.3 Å². The molecule has 144 valence electrons. The molecule has 0 aliphatic heterocycles. The van der Waals surface area contributed by atoms with E-state index >= 15 is 0 Å². The van der Waals surface area contributed by atoms with Crippen molar-refractivity contribution in [3.63, 3.8) is 0 Å². The second-order valence-electron chi connectivity index (χ2n) is 8.11. The molecule has 3 heteroatoms. The Labute approximate surface area is 162 Å². The van der Waals surface area contributed by atoms with E-state index in [1.807, 2.05) is 18.2 Å². The van der Waals surface area contributed by atoms with Crippen molar-refractivity contribution in [3.8, 4) is 5.75 Å². The summed E-state index contributed by atoms with van der Waals surface area (Å²) in [5, 5.41) is 14.9. The zero-order valence-electron chi connectivity index (χ0n) is 16.7. The normalized spacial score (nSPS) is 20.1. The molecule has 2 N–H and O–H groups in total. The quantitative estimate of drug-likeness (QED) is 0.688. The van der Waals surface area contributed by atoms with Gasteiger partial charge in [0.1, 0.15) is 5.75 Å². The van der Waals surface area contributed by atoms with Gasteiger partial charge in [-0.1, -0.05) is 56.5 Å². The van der Waals surface area contributed by atoms with Crippen molar-refractivity contribution >= 4 is 16.7 Å². The SMILES string of the molecule is CCCC1CC(C)=C(NC(=O)CCc2ccc3cc(O)ccc3c2)CC1C. The number of rotatable bonds is 6. The van der Waals surface area contributed by atoms with E-state index in [1.165, 1.54) is 18.4 Å². The van der Waals surface area contributed by atoms with E-state index in [-0.39, 0.29) is 11.7 Å². The number of phenolic OH excluding ortho intramolecular Hbond substituents is 1. The molecule has 3 nitrogen and oxygen atoms in total. The van der Waals surface area contributed by atoms with Crippen LogP contribution in [0.5, 0.6) is 5.75 Å². The minimum absolute atomic E-state index is 0.108. The Morgan fingerprint density at radius 3 is 2.67 bits per heavy atom. The molecule has 0 aromatic heterocycles. The number of aromatic hydroxyl groups is 1. The Hall–Kier alpha value is -2.29. The van der Waals surface area contributed by atoms with E-state index in [0.717, 1.165) is 47.2 Å². The lowest BCUT2D eigenvalue weighted by molar-refractivity contribution is -0.120. The summed E-state index contributed by atoms with van der Waals surface area (Å²) in [5.41, 5.74) is 3.65. The summed E-state index contributed by atoms with van der Waals surface area (Å²) in [6.45, 7) is 6.73. The van der Waals surface area contributed by atoms with Crippen LogP contribution >= 0.6 is 0 Å². The largest absolute Gasteiger partial charge is 0.508 e. The number of aryl methyl sites for hydroxylation is 1. The molecule has 2 aromatic carbocycles. The number of carbonyl (C=O) groups excluding carboxylic acids is 1. The summed E-state index contributed by atoms with van der Waals surface area (Å²) < 4.78 is 0. The molecular formula is C24H31NO2. The molecule has 0 radical (unpaired) electrons. The van der Waals surface area contributed by atoms with Gasteiger partial charge in [0.2, 0.25) is 5.91 Å². The van der Waals surface area contributed by atoms with Crippen molar-refractivity contribution in [2.75, 3.05) is 0 Å².